The first-order chi connectivity index (χ1) is 6.52. The molecule has 0 saturated heterocycles. The van der Waals surface area contributed by atoms with Gasteiger partial charge < -0.3 is 0 Å². The molecule has 76 valence electrons. The van der Waals surface area contributed by atoms with E-state index in [0.717, 1.165) is 0 Å². The number of alkyl halides is 1. The van der Waals surface area contributed by atoms with Gasteiger partial charge in [0.15, 0.2) is 0 Å². The third kappa shape index (κ3) is 3.03. The second kappa shape index (κ2) is 5.22. The zero-order valence-corrected chi connectivity index (χ0v) is 9.96. The van der Waals surface area contributed by atoms with Crippen LogP contribution >= 0.6 is 46.4 Å². The van der Waals surface area contributed by atoms with Gasteiger partial charge in [-0.05, 0) is 29.7 Å². The van der Waals surface area contributed by atoms with Crippen molar-refractivity contribution in [2.24, 2.45) is 0 Å². The summed E-state index contributed by atoms with van der Waals surface area (Å²) in [5.74, 6) is 0. The summed E-state index contributed by atoms with van der Waals surface area (Å²) >= 11 is 22.6. The second-order valence-corrected chi connectivity index (χ2v) is 4.37. The first-order valence-corrected chi connectivity index (χ1v) is 5.35. The molecular formula is C9H6Cl4O. The molecule has 0 aliphatic rings. The van der Waals surface area contributed by atoms with Gasteiger partial charge in [-0.15, -0.1) is 11.6 Å². The standard InChI is InChI=1S/C9H6Cl4O/c10-6-3-1-2-5(8(6)12)4-7(11)9(13)14/h1-3,7H,4H2. The van der Waals surface area contributed by atoms with Gasteiger partial charge in [-0.3, -0.25) is 4.79 Å². The molecule has 0 aromatic heterocycles. The minimum absolute atomic E-state index is 0.281. The smallest absolute Gasteiger partial charge is 0.239 e. The summed E-state index contributed by atoms with van der Waals surface area (Å²) < 4.78 is 0. The summed E-state index contributed by atoms with van der Waals surface area (Å²) in [6.45, 7) is 0. The average molecular weight is 272 g/mol. The summed E-state index contributed by atoms with van der Waals surface area (Å²) in [7, 11) is 0. The van der Waals surface area contributed by atoms with Crippen LogP contribution in [0.2, 0.25) is 10.0 Å². The molecule has 1 rings (SSSR count). The molecule has 1 atom stereocenters. The predicted octanol–water partition coefficient (Wildman–Crippen LogP) is 3.91. The van der Waals surface area contributed by atoms with Crippen molar-refractivity contribution in [3.63, 3.8) is 0 Å². The van der Waals surface area contributed by atoms with Gasteiger partial charge in [-0.2, -0.15) is 0 Å². The Morgan fingerprint density at radius 3 is 2.57 bits per heavy atom. The molecule has 5 heteroatoms. The lowest BCUT2D eigenvalue weighted by Crippen LogP contribution is -2.11. The van der Waals surface area contributed by atoms with Gasteiger partial charge in [0.05, 0.1) is 10.0 Å². The lowest BCUT2D eigenvalue weighted by Gasteiger charge is -2.07. The highest BCUT2D eigenvalue weighted by atomic mass is 35.5. The molecule has 0 heterocycles. The van der Waals surface area contributed by atoms with Crippen molar-refractivity contribution < 1.29 is 4.79 Å². The highest BCUT2D eigenvalue weighted by molar-refractivity contribution is 6.69. The van der Waals surface area contributed by atoms with Crippen molar-refractivity contribution >= 4 is 51.6 Å². The quantitative estimate of drug-likeness (QED) is 0.602. The number of carbonyl (C=O) groups is 1. The summed E-state index contributed by atoms with van der Waals surface area (Å²) in [4.78, 5) is 10.7. The third-order valence-electron chi connectivity index (χ3n) is 1.68. The van der Waals surface area contributed by atoms with Gasteiger partial charge in [-0.25, -0.2) is 0 Å². The normalized spacial score (nSPS) is 12.6. The van der Waals surface area contributed by atoms with Crippen LogP contribution in [0.1, 0.15) is 5.56 Å². The summed E-state index contributed by atoms with van der Waals surface area (Å²) in [6, 6.07) is 5.16. The highest BCUT2D eigenvalue weighted by Crippen LogP contribution is 2.27. The van der Waals surface area contributed by atoms with Crippen LogP contribution in [0.25, 0.3) is 0 Å². The van der Waals surface area contributed by atoms with Crippen molar-refractivity contribution in [3.8, 4) is 0 Å². The fourth-order valence-corrected chi connectivity index (χ4v) is 1.62. The minimum Gasteiger partial charge on any atom is -0.280 e. The molecule has 0 radical (unpaired) electrons. The van der Waals surface area contributed by atoms with Gasteiger partial charge in [0.2, 0.25) is 5.24 Å². The number of carbonyl (C=O) groups excluding carboxylic acids is 1. The van der Waals surface area contributed by atoms with Crippen molar-refractivity contribution in [2.75, 3.05) is 0 Å². The minimum atomic E-state index is -0.771. The van der Waals surface area contributed by atoms with E-state index in [0.29, 0.717) is 15.6 Å². The number of benzene rings is 1. The number of hydrogen-bond donors (Lipinski definition) is 0. The fraction of sp³-hybridized carbons (Fsp3) is 0.222. The van der Waals surface area contributed by atoms with Crippen LogP contribution in [0.3, 0.4) is 0 Å². The highest BCUT2D eigenvalue weighted by Gasteiger charge is 2.15. The Hall–Kier alpha value is 0.0500. The van der Waals surface area contributed by atoms with Crippen LogP contribution in [0.4, 0.5) is 0 Å². The Bertz CT molecular complexity index is 351. The average Bonchev–Trinajstić information content (AvgIpc) is 2.12. The van der Waals surface area contributed by atoms with E-state index in [2.05, 4.69) is 0 Å². The van der Waals surface area contributed by atoms with Crippen molar-refractivity contribution in [3.05, 3.63) is 33.8 Å². The Labute approximate surface area is 102 Å². The molecular weight excluding hydrogens is 266 g/mol. The van der Waals surface area contributed by atoms with E-state index in [9.17, 15) is 4.79 Å². The van der Waals surface area contributed by atoms with E-state index in [-0.39, 0.29) is 6.42 Å². The molecule has 0 saturated carbocycles. The van der Waals surface area contributed by atoms with Crippen molar-refractivity contribution in [1.82, 2.24) is 0 Å². The zero-order valence-electron chi connectivity index (χ0n) is 6.94. The lowest BCUT2D eigenvalue weighted by atomic mass is 10.1. The second-order valence-electron chi connectivity index (χ2n) is 2.69. The molecule has 0 amide bonds. The van der Waals surface area contributed by atoms with Crippen molar-refractivity contribution in [1.29, 1.82) is 0 Å². The molecule has 1 aromatic rings. The maximum absolute atomic E-state index is 10.7. The molecule has 1 aromatic carbocycles. The van der Waals surface area contributed by atoms with E-state index < -0.39 is 10.6 Å². The zero-order chi connectivity index (χ0) is 10.7. The van der Waals surface area contributed by atoms with Crippen LogP contribution in [0.5, 0.6) is 0 Å². The molecule has 1 nitrogen and oxygen atoms in total. The topological polar surface area (TPSA) is 17.1 Å². The Morgan fingerprint density at radius 1 is 1.36 bits per heavy atom. The number of halogens is 4. The van der Waals surface area contributed by atoms with E-state index >= 15 is 0 Å². The van der Waals surface area contributed by atoms with Gasteiger partial charge >= 0.3 is 0 Å². The van der Waals surface area contributed by atoms with E-state index in [1.807, 2.05) is 0 Å². The Morgan fingerprint density at radius 2 is 2.00 bits per heavy atom. The van der Waals surface area contributed by atoms with Crippen LogP contribution in [0.15, 0.2) is 18.2 Å². The SMILES string of the molecule is O=C(Cl)C(Cl)Cc1cccc(Cl)c1Cl. The number of rotatable bonds is 3. The Balaban J connectivity index is 2.87. The van der Waals surface area contributed by atoms with Crippen LogP contribution < -0.4 is 0 Å². The van der Waals surface area contributed by atoms with Gasteiger partial charge in [0.25, 0.3) is 0 Å². The summed E-state index contributed by atoms with van der Waals surface area (Å²) in [5, 5.41) is -0.511. The van der Waals surface area contributed by atoms with Crippen LogP contribution in [-0.4, -0.2) is 10.6 Å². The molecule has 14 heavy (non-hydrogen) atoms. The Kier molecular flexibility index (Phi) is 4.52. The fourth-order valence-electron chi connectivity index (χ4n) is 0.979. The summed E-state index contributed by atoms with van der Waals surface area (Å²) in [6.07, 6.45) is 0.281. The summed E-state index contributed by atoms with van der Waals surface area (Å²) in [5.41, 5.74) is 0.716. The lowest BCUT2D eigenvalue weighted by molar-refractivity contribution is -0.111. The maximum atomic E-state index is 10.7. The van der Waals surface area contributed by atoms with Gasteiger partial charge in [0.1, 0.15) is 5.38 Å². The maximum Gasteiger partial charge on any atom is 0.239 e. The molecule has 0 aliphatic carbocycles. The van der Waals surface area contributed by atoms with Gasteiger partial charge in [0, 0.05) is 0 Å². The largest absolute Gasteiger partial charge is 0.280 e. The molecule has 0 N–H and O–H groups in total. The van der Waals surface area contributed by atoms with E-state index in [1.54, 1.807) is 18.2 Å². The van der Waals surface area contributed by atoms with Crippen LogP contribution in [-0.2, 0) is 11.2 Å². The molecule has 0 spiro atoms. The predicted molar refractivity (Wildman–Crippen MR) is 60.7 cm³/mol. The molecule has 1 unspecified atom stereocenters. The number of hydrogen-bond acceptors (Lipinski definition) is 1. The van der Waals surface area contributed by atoms with Crippen LogP contribution in [0, 0.1) is 0 Å². The molecule has 0 aliphatic heterocycles. The van der Waals surface area contributed by atoms with Gasteiger partial charge in [-0.1, -0.05) is 35.3 Å². The molecule has 0 bridgehead atoms. The monoisotopic (exact) mass is 270 g/mol. The van der Waals surface area contributed by atoms with E-state index in [4.69, 9.17) is 46.4 Å². The third-order valence-corrected chi connectivity index (χ3v) is 3.26. The first-order valence-electron chi connectivity index (χ1n) is 3.78. The van der Waals surface area contributed by atoms with E-state index in [1.165, 1.54) is 0 Å². The molecule has 0 fully saturated rings. The van der Waals surface area contributed by atoms with Crippen molar-refractivity contribution in [2.45, 2.75) is 11.8 Å². The first kappa shape index (κ1) is 12.1.